The van der Waals surface area contributed by atoms with Crippen LogP contribution in [0.15, 0.2) is 12.3 Å². The van der Waals surface area contributed by atoms with Crippen LogP contribution in [0.25, 0.3) is 10.2 Å². The van der Waals surface area contributed by atoms with Gasteiger partial charge in [0.2, 0.25) is 0 Å². The van der Waals surface area contributed by atoms with Gasteiger partial charge in [0.05, 0.1) is 5.69 Å². The number of nitrogen functional groups attached to an aromatic ring is 1. The van der Waals surface area contributed by atoms with Crippen molar-refractivity contribution in [1.82, 2.24) is 10.3 Å². The Balaban J connectivity index is 2.15. The summed E-state index contributed by atoms with van der Waals surface area (Å²) in [5.41, 5.74) is 7.71. The molecule has 3 N–H and O–H groups in total. The molecule has 0 aromatic carbocycles. The number of carbonyl (C=O) groups excluding carboxylic acids is 1. The molecule has 0 saturated carbocycles. The number of amides is 1. The number of rotatable bonds is 5. The number of anilines is 1. The molecule has 2 aromatic heterocycles. The minimum Gasteiger partial charge on any atom is -0.397 e. The van der Waals surface area contributed by atoms with Crippen LogP contribution < -0.4 is 11.1 Å². The molecule has 0 fully saturated rings. The quantitative estimate of drug-likeness (QED) is 0.890. The summed E-state index contributed by atoms with van der Waals surface area (Å²) >= 11 is 3.16. The van der Waals surface area contributed by atoms with Crippen LogP contribution in [0.3, 0.4) is 0 Å². The summed E-state index contributed by atoms with van der Waals surface area (Å²) in [5, 5.41) is 4.38. The Bertz CT molecular complexity index is 624. The van der Waals surface area contributed by atoms with Crippen molar-refractivity contribution < 1.29 is 4.79 Å². The molecule has 2 heterocycles. The maximum atomic E-state index is 12.2. The number of carbonyl (C=O) groups is 1. The third-order valence-corrected chi connectivity index (χ3v) is 5.44. The van der Waals surface area contributed by atoms with Gasteiger partial charge in [-0.1, -0.05) is 6.92 Å². The van der Waals surface area contributed by atoms with Crippen LogP contribution in [0.5, 0.6) is 0 Å². The van der Waals surface area contributed by atoms with Crippen LogP contribution in [-0.2, 0) is 0 Å². The van der Waals surface area contributed by atoms with E-state index >= 15 is 0 Å². The van der Waals surface area contributed by atoms with Crippen molar-refractivity contribution in [3.8, 4) is 0 Å². The van der Waals surface area contributed by atoms with Crippen molar-refractivity contribution in [1.29, 1.82) is 0 Å². The first-order valence-electron chi connectivity index (χ1n) is 6.49. The van der Waals surface area contributed by atoms with Crippen molar-refractivity contribution in [2.75, 3.05) is 18.5 Å². The third kappa shape index (κ3) is 3.07. The molecule has 0 saturated heterocycles. The van der Waals surface area contributed by atoms with Crippen LogP contribution in [0, 0.1) is 6.92 Å². The number of nitrogens with two attached hydrogens (primary N) is 1. The van der Waals surface area contributed by atoms with E-state index in [0.29, 0.717) is 22.4 Å². The number of nitrogens with zero attached hydrogens (tertiary/aromatic N) is 1. The molecule has 108 valence electrons. The Morgan fingerprint density at radius 2 is 2.35 bits per heavy atom. The van der Waals surface area contributed by atoms with E-state index in [4.69, 9.17) is 5.73 Å². The molecule has 20 heavy (non-hydrogen) atoms. The highest BCUT2D eigenvalue weighted by Gasteiger charge is 2.18. The van der Waals surface area contributed by atoms with Crippen molar-refractivity contribution in [3.63, 3.8) is 0 Å². The fraction of sp³-hybridized carbons (Fsp3) is 0.429. The Morgan fingerprint density at radius 3 is 3.00 bits per heavy atom. The standard InChI is InChI=1S/C14H19N3OS2/c1-8-4-6-17-14-10(8)11(15)12(20-14)13(18)16-7-5-9(2)19-3/h4,6,9H,5,7,15H2,1-3H3,(H,16,18). The number of pyridine rings is 1. The Morgan fingerprint density at radius 1 is 1.60 bits per heavy atom. The lowest BCUT2D eigenvalue weighted by molar-refractivity contribution is 0.0958. The molecule has 2 aromatic rings. The van der Waals surface area contributed by atoms with E-state index in [1.807, 2.05) is 13.0 Å². The zero-order valence-corrected chi connectivity index (χ0v) is 13.5. The number of thioether (sulfide) groups is 1. The van der Waals surface area contributed by atoms with Crippen LogP contribution in [-0.4, -0.2) is 28.9 Å². The number of fused-ring (bicyclic) bond motifs is 1. The highest BCUT2D eigenvalue weighted by molar-refractivity contribution is 7.99. The zero-order chi connectivity index (χ0) is 14.7. The summed E-state index contributed by atoms with van der Waals surface area (Å²) in [6.07, 6.45) is 4.77. The fourth-order valence-electron chi connectivity index (χ4n) is 1.96. The number of nitrogens with one attached hydrogen (secondary N) is 1. The van der Waals surface area contributed by atoms with Gasteiger partial charge in [-0.25, -0.2) is 4.98 Å². The molecule has 0 aliphatic carbocycles. The summed E-state index contributed by atoms with van der Waals surface area (Å²) in [6, 6.07) is 1.91. The van der Waals surface area contributed by atoms with Crippen molar-refractivity contribution in [3.05, 3.63) is 22.7 Å². The summed E-state index contributed by atoms with van der Waals surface area (Å²) in [5.74, 6) is -0.0989. The Labute approximate surface area is 127 Å². The molecule has 2 rings (SSSR count). The first-order chi connectivity index (χ1) is 9.54. The molecule has 0 aliphatic heterocycles. The Hall–Kier alpha value is -1.27. The van der Waals surface area contributed by atoms with E-state index in [1.165, 1.54) is 11.3 Å². The summed E-state index contributed by atoms with van der Waals surface area (Å²) in [7, 11) is 0. The first kappa shape index (κ1) is 15.1. The number of aromatic nitrogens is 1. The maximum absolute atomic E-state index is 12.2. The summed E-state index contributed by atoms with van der Waals surface area (Å²) in [6.45, 7) is 4.80. The van der Waals surface area contributed by atoms with Crippen LogP contribution >= 0.6 is 23.1 Å². The zero-order valence-electron chi connectivity index (χ0n) is 11.9. The van der Waals surface area contributed by atoms with Crippen molar-refractivity contribution >= 4 is 44.9 Å². The van der Waals surface area contributed by atoms with Gasteiger partial charge in [0.1, 0.15) is 9.71 Å². The van der Waals surface area contributed by atoms with E-state index in [0.717, 1.165) is 22.2 Å². The van der Waals surface area contributed by atoms with Crippen molar-refractivity contribution in [2.45, 2.75) is 25.5 Å². The number of aryl methyl sites for hydroxylation is 1. The van der Waals surface area contributed by atoms with Gasteiger partial charge in [0.25, 0.3) is 5.91 Å². The molecule has 1 amide bonds. The van der Waals surface area contributed by atoms with Crippen LogP contribution in [0.4, 0.5) is 5.69 Å². The van der Waals surface area contributed by atoms with Crippen LogP contribution in [0.1, 0.15) is 28.6 Å². The van der Waals surface area contributed by atoms with Gasteiger partial charge in [-0.3, -0.25) is 4.79 Å². The van der Waals surface area contributed by atoms with E-state index in [-0.39, 0.29) is 5.91 Å². The minimum absolute atomic E-state index is 0.0989. The molecule has 0 aliphatic rings. The molecule has 0 radical (unpaired) electrons. The molecule has 4 nitrogen and oxygen atoms in total. The SMILES string of the molecule is CSC(C)CCNC(=O)c1sc2nccc(C)c2c1N. The van der Waals surface area contributed by atoms with E-state index in [1.54, 1.807) is 18.0 Å². The van der Waals surface area contributed by atoms with Crippen LogP contribution in [0.2, 0.25) is 0 Å². The molecule has 1 unspecified atom stereocenters. The highest BCUT2D eigenvalue weighted by atomic mass is 32.2. The van der Waals surface area contributed by atoms with E-state index < -0.39 is 0 Å². The highest BCUT2D eigenvalue weighted by Crippen LogP contribution is 2.34. The van der Waals surface area contributed by atoms with E-state index in [2.05, 4.69) is 23.5 Å². The van der Waals surface area contributed by atoms with Gasteiger partial charge in [0, 0.05) is 23.4 Å². The maximum Gasteiger partial charge on any atom is 0.263 e. The molecule has 0 spiro atoms. The average molecular weight is 309 g/mol. The van der Waals surface area contributed by atoms with E-state index in [9.17, 15) is 4.79 Å². The van der Waals surface area contributed by atoms with Gasteiger partial charge in [-0.2, -0.15) is 11.8 Å². The number of hydrogen-bond acceptors (Lipinski definition) is 5. The molecule has 6 heteroatoms. The van der Waals surface area contributed by atoms with Gasteiger partial charge in [-0.05, 0) is 31.2 Å². The van der Waals surface area contributed by atoms with Crippen molar-refractivity contribution in [2.24, 2.45) is 0 Å². The second kappa shape index (κ2) is 6.45. The summed E-state index contributed by atoms with van der Waals surface area (Å²) < 4.78 is 0. The lowest BCUT2D eigenvalue weighted by Crippen LogP contribution is -2.25. The second-order valence-electron chi connectivity index (χ2n) is 4.74. The normalized spacial score (nSPS) is 12.6. The molecule has 1 atom stereocenters. The second-order valence-corrected chi connectivity index (χ2v) is 7.02. The van der Waals surface area contributed by atoms with Gasteiger partial charge >= 0.3 is 0 Å². The third-order valence-electron chi connectivity index (χ3n) is 3.28. The Kier molecular flexibility index (Phi) is 4.88. The van der Waals surface area contributed by atoms with Gasteiger partial charge < -0.3 is 11.1 Å². The lowest BCUT2D eigenvalue weighted by Gasteiger charge is -2.08. The fourth-order valence-corrected chi connectivity index (χ4v) is 3.37. The minimum atomic E-state index is -0.0989. The number of thiophene rings is 1. The number of hydrogen-bond donors (Lipinski definition) is 2. The summed E-state index contributed by atoms with van der Waals surface area (Å²) in [4.78, 5) is 17.9. The monoisotopic (exact) mass is 309 g/mol. The van der Waals surface area contributed by atoms with Gasteiger partial charge in [0.15, 0.2) is 0 Å². The molecular formula is C14H19N3OS2. The lowest BCUT2D eigenvalue weighted by atomic mass is 10.2. The largest absolute Gasteiger partial charge is 0.397 e. The topological polar surface area (TPSA) is 68.0 Å². The first-order valence-corrected chi connectivity index (χ1v) is 8.59. The molecular weight excluding hydrogens is 290 g/mol. The predicted molar refractivity (Wildman–Crippen MR) is 88.7 cm³/mol. The smallest absolute Gasteiger partial charge is 0.263 e. The predicted octanol–water partition coefficient (Wildman–Crippen LogP) is 3.06. The average Bonchev–Trinajstić information content (AvgIpc) is 2.77. The van der Waals surface area contributed by atoms with Gasteiger partial charge in [-0.15, -0.1) is 11.3 Å². The molecule has 0 bridgehead atoms.